The first-order valence-corrected chi connectivity index (χ1v) is 14.5. The summed E-state index contributed by atoms with van der Waals surface area (Å²) in [5.74, 6) is 3.54. The molecule has 0 amide bonds. The van der Waals surface area contributed by atoms with Gasteiger partial charge in [0.15, 0.2) is 11.5 Å². The van der Waals surface area contributed by atoms with Gasteiger partial charge in [0.2, 0.25) is 11.8 Å². The van der Waals surface area contributed by atoms with Crippen LogP contribution in [0.15, 0.2) is 47.9 Å². The third-order valence-corrected chi connectivity index (χ3v) is 10.1. The summed E-state index contributed by atoms with van der Waals surface area (Å²) in [4.78, 5) is 0. The number of rotatable bonds is 6. The van der Waals surface area contributed by atoms with Crippen LogP contribution in [0.4, 0.5) is 0 Å². The van der Waals surface area contributed by atoms with Gasteiger partial charge < -0.3 is 19.9 Å². The van der Waals surface area contributed by atoms with Gasteiger partial charge in [0.25, 0.3) is 0 Å². The van der Waals surface area contributed by atoms with Crippen LogP contribution < -0.4 is 19.9 Å². The van der Waals surface area contributed by atoms with Crippen molar-refractivity contribution >= 4 is 23.2 Å². The number of hydrogen-bond donors (Lipinski definition) is 2. The molecule has 8 rings (SSSR count). The Kier molecular flexibility index (Phi) is 6.17. The molecule has 1 atom stereocenters. The number of fused-ring (bicyclic) bond motifs is 1. The Morgan fingerprint density at radius 1 is 1.05 bits per heavy atom. The molecule has 0 spiro atoms. The topological polar surface area (TPSA) is 106 Å². The smallest absolute Gasteiger partial charge is 0.244 e. The second-order valence-electron chi connectivity index (χ2n) is 11.9. The molecule has 4 saturated carbocycles. The normalized spacial score (nSPS) is 28.1. The first-order valence-electron chi connectivity index (χ1n) is 13.8. The van der Waals surface area contributed by atoms with E-state index in [1.165, 1.54) is 19.3 Å². The number of aromatic nitrogens is 2. The van der Waals surface area contributed by atoms with Gasteiger partial charge in [-0.1, -0.05) is 35.3 Å². The molecule has 3 N–H and O–H groups in total. The Balaban J connectivity index is 1.26. The number of nitriles is 1. The van der Waals surface area contributed by atoms with Crippen LogP contribution in [0.5, 0.6) is 17.4 Å². The predicted molar refractivity (Wildman–Crippen MR) is 152 cm³/mol. The molecule has 2 aromatic carbocycles. The van der Waals surface area contributed by atoms with E-state index in [4.69, 9.17) is 43.1 Å². The minimum absolute atomic E-state index is 0.0383. The number of allylic oxidation sites excluding steroid dienone is 1. The molecule has 1 aliphatic heterocycles. The fraction of sp³-hybridized carbons (Fsp3) is 0.419. The van der Waals surface area contributed by atoms with Gasteiger partial charge in [-0.25, -0.2) is 0 Å². The molecule has 4 aliphatic carbocycles. The molecule has 4 fully saturated rings. The van der Waals surface area contributed by atoms with Crippen LogP contribution in [0.1, 0.15) is 66.8 Å². The summed E-state index contributed by atoms with van der Waals surface area (Å²) in [6.07, 6.45) is 7.50. The average Bonchev–Trinajstić information content (AvgIpc) is 3.36. The van der Waals surface area contributed by atoms with Gasteiger partial charge in [-0.05, 0) is 91.7 Å². The monoisotopic (exact) mass is 576 g/mol. The molecular weight excluding hydrogens is 547 g/mol. The van der Waals surface area contributed by atoms with Crippen LogP contribution in [-0.4, -0.2) is 17.3 Å². The molecule has 40 heavy (non-hydrogen) atoms. The van der Waals surface area contributed by atoms with E-state index >= 15 is 0 Å². The van der Waals surface area contributed by atoms with Crippen molar-refractivity contribution in [1.29, 1.82) is 5.26 Å². The predicted octanol–water partition coefficient (Wildman–Crippen LogP) is 6.99. The van der Waals surface area contributed by atoms with Gasteiger partial charge in [0.05, 0.1) is 28.6 Å². The highest BCUT2D eigenvalue weighted by atomic mass is 35.5. The van der Waals surface area contributed by atoms with Crippen LogP contribution in [0.2, 0.25) is 10.0 Å². The maximum atomic E-state index is 10.2. The Labute approximate surface area is 243 Å². The van der Waals surface area contributed by atoms with Crippen molar-refractivity contribution in [3.63, 3.8) is 0 Å². The van der Waals surface area contributed by atoms with Crippen molar-refractivity contribution in [1.82, 2.24) is 10.2 Å². The van der Waals surface area contributed by atoms with E-state index in [1.54, 1.807) is 19.2 Å². The minimum Gasteiger partial charge on any atom is -0.493 e. The highest BCUT2D eigenvalue weighted by Gasteiger charge is 2.54. The molecule has 0 saturated heterocycles. The molecule has 206 valence electrons. The zero-order valence-electron chi connectivity index (χ0n) is 22.2. The van der Waals surface area contributed by atoms with E-state index in [0.717, 1.165) is 59.4 Å². The zero-order valence-corrected chi connectivity index (χ0v) is 23.7. The molecule has 9 heteroatoms. The third kappa shape index (κ3) is 4.12. The van der Waals surface area contributed by atoms with Gasteiger partial charge in [-0.15, -0.1) is 5.10 Å². The number of aromatic amines is 1. The second-order valence-corrected chi connectivity index (χ2v) is 12.7. The first kappa shape index (κ1) is 25.6. The van der Waals surface area contributed by atoms with Crippen molar-refractivity contribution in [3.8, 4) is 23.4 Å². The molecule has 7 nitrogen and oxygen atoms in total. The molecule has 4 bridgehead atoms. The molecule has 0 unspecified atom stereocenters. The average molecular weight is 578 g/mol. The van der Waals surface area contributed by atoms with Crippen LogP contribution in [0.3, 0.4) is 0 Å². The number of halogens is 2. The van der Waals surface area contributed by atoms with Crippen LogP contribution in [0.25, 0.3) is 0 Å². The molecule has 2 heterocycles. The quantitative estimate of drug-likeness (QED) is 0.327. The summed E-state index contributed by atoms with van der Waals surface area (Å²) in [5.41, 5.74) is 10.5. The number of nitrogens with two attached hydrogens (primary N) is 1. The Morgan fingerprint density at radius 2 is 1.77 bits per heavy atom. The van der Waals surface area contributed by atoms with Gasteiger partial charge in [0.1, 0.15) is 18.2 Å². The zero-order chi connectivity index (χ0) is 27.6. The molecular formula is C31H30Cl2N4O3. The summed E-state index contributed by atoms with van der Waals surface area (Å²) in [7, 11) is 1.61. The van der Waals surface area contributed by atoms with Crippen LogP contribution in [-0.2, 0) is 12.0 Å². The number of nitrogens with zero attached hydrogens (tertiary/aromatic N) is 2. The first-order chi connectivity index (χ1) is 19.4. The lowest BCUT2D eigenvalue weighted by molar-refractivity contribution is -0.00768. The van der Waals surface area contributed by atoms with Gasteiger partial charge in [-0.3, -0.25) is 5.10 Å². The lowest BCUT2D eigenvalue weighted by Crippen LogP contribution is -2.49. The van der Waals surface area contributed by atoms with Crippen molar-refractivity contribution < 1.29 is 14.2 Å². The SMILES string of the molecule is COc1cc([C@H]2C(C#N)=C(N)Oc3n[nH]c(C45CC6CC(CC(C6)C4)C5)c32)ccc1OCc1ccc(Cl)c(Cl)c1. The van der Waals surface area contributed by atoms with E-state index in [2.05, 4.69) is 16.3 Å². The van der Waals surface area contributed by atoms with Crippen LogP contribution in [0, 0.1) is 29.1 Å². The van der Waals surface area contributed by atoms with Crippen molar-refractivity contribution in [2.24, 2.45) is 23.5 Å². The van der Waals surface area contributed by atoms with E-state index < -0.39 is 5.92 Å². The van der Waals surface area contributed by atoms with E-state index in [9.17, 15) is 5.26 Å². The standard InChI is InChI=1S/C31H30Cl2N4O3/c1-38-25-10-20(3-5-24(25)39-15-16-2-4-22(32)23(33)9-16)26-21(14-34)29(35)40-30-27(26)28(36-37-30)31-11-17-6-18(12-31)8-19(7-17)13-31/h2-5,9-10,17-19,26H,6-8,11-13,15,35H2,1H3,(H,36,37)/t17?,18?,19?,26-,31?/m0/s1. The Hall–Kier alpha value is -3.34. The van der Waals surface area contributed by atoms with E-state index in [-0.39, 0.29) is 11.3 Å². The highest BCUT2D eigenvalue weighted by Crippen LogP contribution is 2.62. The molecule has 3 aromatic rings. The van der Waals surface area contributed by atoms with Crippen LogP contribution >= 0.6 is 23.2 Å². The summed E-state index contributed by atoms with van der Waals surface area (Å²) < 4.78 is 17.8. The van der Waals surface area contributed by atoms with Gasteiger partial charge >= 0.3 is 0 Å². The summed E-state index contributed by atoms with van der Waals surface area (Å²) >= 11 is 12.2. The van der Waals surface area contributed by atoms with Gasteiger partial charge in [0, 0.05) is 11.1 Å². The second kappa shape index (κ2) is 9.64. The number of benzene rings is 2. The molecule has 5 aliphatic rings. The van der Waals surface area contributed by atoms with Crippen molar-refractivity contribution in [3.05, 3.63) is 80.3 Å². The minimum atomic E-state index is -0.423. The third-order valence-electron chi connectivity index (χ3n) is 9.41. The van der Waals surface area contributed by atoms with E-state index in [1.807, 2.05) is 24.3 Å². The number of nitrogens with one attached hydrogen (secondary N) is 1. The maximum absolute atomic E-state index is 10.2. The number of methoxy groups -OCH3 is 1. The summed E-state index contributed by atoms with van der Waals surface area (Å²) in [6, 6.07) is 13.5. The number of H-pyrrole nitrogens is 1. The highest BCUT2D eigenvalue weighted by molar-refractivity contribution is 6.42. The van der Waals surface area contributed by atoms with Crippen molar-refractivity contribution in [2.45, 2.75) is 56.5 Å². The number of hydrogen-bond acceptors (Lipinski definition) is 6. The Bertz CT molecular complexity index is 1540. The summed E-state index contributed by atoms with van der Waals surface area (Å²) in [5, 5.41) is 19.2. The van der Waals surface area contributed by atoms with E-state index in [0.29, 0.717) is 39.6 Å². The fourth-order valence-corrected chi connectivity index (χ4v) is 8.49. The fourth-order valence-electron chi connectivity index (χ4n) is 8.17. The largest absolute Gasteiger partial charge is 0.493 e. The Morgan fingerprint density at radius 3 is 2.42 bits per heavy atom. The molecule has 0 radical (unpaired) electrons. The lowest BCUT2D eigenvalue weighted by Gasteiger charge is -2.56. The molecule has 1 aromatic heterocycles. The van der Waals surface area contributed by atoms with Crippen molar-refractivity contribution in [2.75, 3.05) is 7.11 Å². The lowest BCUT2D eigenvalue weighted by atomic mass is 9.48. The van der Waals surface area contributed by atoms with Gasteiger partial charge in [-0.2, -0.15) is 5.26 Å². The maximum Gasteiger partial charge on any atom is 0.244 e. The summed E-state index contributed by atoms with van der Waals surface area (Å²) in [6.45, 7) is 0.294. The number of ether oxygens (including phenoxy) is 3.